The summed E-state index contributed by atoms with van der Waals surface area (Å²) >= 11 is 0.963. The van der Waals surface area contributed by atoms with E-state index < -0.39 is 11.5 Å². The molecule has 8 heteroatoms. The normalized spacial score (nSPS) is 10.8. The van der Waals surface area contributed by atoms with E-state index in [0.29, 0.717) is 16.9 Å². The lowest BCUT2D eigenvalue weighted by Gasteiger charge is -2.06. The van der Waals surface area contributed by atoms with E-state index in [4.69, 9.17) is 5.11 Å². The van der Waals surface area contributed by atoms with Crippen LogP contribution >= 0.6 is 11.3 Å². The molecule has 0 saturated heterocycles. The lowest BCUT2D eigenvalue weighted by Crippen LogP contribution is -2.32. The molecule has 7 nitrogen and oxygen atoms in total. The first-order chi connectivity index (χ1) is 9.95. The number of carbonyl (C=O) groups is 2. The summed E-state index contributed by atoms with van der Waals surface area (Å²) in [5.41, 5.74) is -0.00350. The number of thiophene rings is 1. The number of amides is 1. The van der Waals surface area contributed by atoms with Crippen molar-refractivity contribution >= 4 is 33.4 Å². The molecule has 0 fully saturated rings. The summed E-state index contributed by atoms with van der Waals surface area (Å²) in [5.74, 6) is -1.35. The Hall–Kier alpha value is -2.22. The maximum Gasteiger partial charge on any atom is 0.346 e. The maximum absolute atomic E-state index is 12.4. The molecule has 21 heavy (non-hydrogen) atoms. The number of aromatic nitrogens is 2. The molecule has 0 aliphatic rings. The predicted molar refractivity (Wildman–Crippen MR) is 78.9 cm³/mol. The minimum atomic E-state index is -1.08. The average molecular weight is 309 g/mol. The number of aromatic carboxylic acids is 1. The van der Waals surface area contributed by atoms with Crippen LogP contribution < -0.4 is 10.9 Å². The van der Waals surface area contributed by atoms with Crippen LogP contribution in [0.1, 0.15) is 28.6 Å². The summed E-state index contributed by atoms with van der Waals surface area (Å²) < 4.78 is 1.19. The van der Waals surface area contributed by atoms with Crippen molar-refractivity contribution in [1.82, 2.24) is 14.9 Å². The zero-order valence-corrected chi connectivity index (χ0v) is 12.5. The molecule has 0 aliphatic heterocycles. The summed E-state index contributed by atoms with van der Waals surface area (Å²) in [5, 5.41) is 12.0. The van der Waals surface area contributed by atoms with Crippen molar-refractivity contribution in [2.75, 3.05) is 6.54 Å². The fraction of sp³-hybridized carbons (Fsp3) is 0.385. The standard InChI is InChI=1S/C13H15N3O4S/c1-3-4-14-8(17)5-16-6-15-11-9(12(16)18)7(2)10(21-11)13(19)20/h6H,3-5H2,1-2H3,(H,14,17)(H,19,20). The molecule has 112 valence electrons. The maximum atomic E-state index is 12.4. The first kappa shape index (κ1) is 15.2. The molecule has 2 heterocycles. The summed E-state index contributed by atoms with van der Waals surface area (Å²) in [6.07, 6.45) is 2.08. The van der Waals surface area contributed by atoms with E-state index in [2.05, 4.69) is 10.3 Å². The number of hydrogen-bond donors (Lipinski definition) is 2. The molecule has 2 aromatic heterocycles. The fourth-order valence-corrected chi connectivity index (χ4v) is 2.93. The Kier molecular flexibility index (Phi) is 4.37. The minimum absolute atomic E-state index is 0.0998. The van der Waals surface area contributed by atoms with Gasteiger partial charge in [0.2, 0.25) is 5.91 Å². The monoisotopic (exact) mass is 309 g/mol. The highest BCUT2D eigenvalue weighted by Crippen LogP contribution is 2.26. The Morgan fingerprint density at radius 2 is 2.19 bits per heavy atom. The first-order valence-electron chi connectivity index (χ1n) is 6.44. The zero-order valence-electron chi connectivity index (χ0n) is 11.7. The second-order valence-electron chi connectivity index (χ2n) is 4.57. The molecule has 0 aromatic carbocycles. The Morgan fingerprint density at radius 3 is 2.81 bits per heavy atom. The molecule has 2 N–H and O–H groups in total. The molecule has 0 bridgehead atoms. The third-order valence-corrected chi connectivity index (χ3v) is 4.19. The highest BCUT2D eigenvalue weighted by Gasteiger charge is 2.19. The van der Waals surface area contributed by atoms with Crippen molar-refractivity contribution in [3.63, 3.8) is 0 Å². The average Bonchev–Trinajstić information content (AvgIpc) is 2.78. The molecule has 2 rings (SSSR count). The van der Waals surface area contributed by atoms with Crippen molar-refractivity contribution < 1.29 is 14.7 Å². The lowest BCUT2D eigenvalue weighted by atomic mass is 10.2. The molecule has 0 atom stereocenters. The molecular weight excluding hydrogens is 294 g/mol. The number of carbonyl (C=O) groups excluding carboxylic acids is 1. The molecule has 0 unspecified atom stereocenters. The third-order valence-electron chi connectivity index (χ3n) is 3.00. The molecule has 0 radical (unpaired) electrons. The van der Waals surface area contributed by atoms with Gasteiger partial charge < -0.3 is 10.4 Å². The van der Waals surface area contributed by atoms with Gasteiger partial charge in [-0.1, -0.05) is 6.92 Å². The van der Waals surface area contributed by atoms with Gasteiger partial charge in [-0.15, -0.1) is 11.3 Å². The van der Waals surface area contributed by atoms with E-state index in [1.807, 2.05) is 6.92 Å². The number of fused-ring (bicyclic) bond motifs is 1. The van der Waals surface area contributed by atoms with E-state index >= 15 is 0 Å². The van der Waals surface area contributed by atoms with Gasteiger partial charge in [0.1, 0.15) is 16.3 Å². The number of hydrogen-bond acceptors (Lipinski definition) is 5. The number of aryl methyl sites for hydroxylation is 1. The van der Waals surface area contributed by atoms with Crippen LogP contribution in [0, 0.1) is 6.92 Å². The van der Waals surface area contributed by atoms with Crippen LogP contribution in [0.25, 0.3) is 10.2 Å². The largest absolute Gasteiger partial charge is 0.477 e. The number of carboxylic acid groups (broad SMARTS) is 1. The Morgan fingerprint density at radius 1 is 1.48 bits per heavy atom. The highest BCUT2D eigenvalue weighted by atomic mass is 32.1. The smallest absolute Gasteiger partial charge is 0.346 e. The molecule has 0 aliphatic carbocycles. The summed E-state index contributed by atoms with van der Waals surface area (Å²) in [7, 11) is 0. The van der Waals surface area contributed by atoms with Gasteiger partial charge in [0.05, 0.1) is 11.7 Å². The summed E-state index contributed by atoms with van der Waals surface area (Å²) in [6.45, 7) is 3.93. The van der Waals surface area contributed by atoms with Gasteiger partial charge in [-0.05, 0) is 18.9 Å². The van der Waals surface area contributed by atoms with Crippen molar-refractivity contribution in [3.8, 4) is 0 Å². The van der Waals surface area contributed by atoms with E-state index in [1.165, 1.54) is 10.9 Å². The Labute approximate surface area is 124 Å². The van der Waals surface area contributed by atoms with Crippen LogP contribution in [0.15, 0.2) is 11.1 Å². The van der Waals surface area contributed by atoms with E-state index in [0.717, 1.165) is 17.8 Å². The summed E-state index contributed by atoms with van der Waals surface area (Å²) in [6, 6.07) is 0. The van der Waals surface area contributed by atoms with E-state index in [1.54, 1.807) is 6.92 Å². The van der Waals surface area contributed by atoms with Crippen molar-refractivity contribution in [2.24, 2.45) is 0 Å². The Balaban J connectivity index is 2.42. The third kappa shape index (κ3) is 2.94. The molecule has 0 spiro atoms. The van der Waals surface area contributed by atoms with Gasteiger partial charge in [0, 0.05) is 6.54 Å². The second-order valence-corrected chi connectivity index (χ2v) is 5.57. The first-order valence-corrected chi connectivity index (χ1v) is 7.25. The van der Waals surface area contributed by atoms with Gasteiger partial charge in [-0.25, -0.2) is 9.78 Å². The quantitative estimate of drug-likeness (QED) is 0.857. The SMILES string of the molecule is CCCNC(=O)Cn1cnc2sc(C(=O)O)c(C)c2c1=O. The number of carboxylic acids is 1. The zero-order chi connectivity index (χ0) is 15.6. The van der Waals surface area contributed by atoms with Crippen LogP contribution in [0.5, 0.6) is 0 Å². The van der Waals surface area contributed by atoms with Gasteiger partial charge in [-0.3, -0.25) is 14.2 Å². The van der Waals surface area contributed by atoms with Crippen LogP contribution in [0.4, 0.5) is 0 Å². The molecular formula is C13H15N3O4S. The van der Waals surface area contributed by atoms with E-state index in [-0.39, 0.29) is 22.7 Å². The van der Waals surface area contributed by atoms with Crippen molar-refractivity contribution in [2.45, 2.75) is 26.8 Å². The van der Waals surface area contributed by atoms with Crippen LogP contribution in [-0.2, 0) is 11.3 Å². The van der Waals surface area contributed by atoms with Crippen molar-refractivity contribution in [1.29, 1.82) is 0 Å². The topological polar surface area (TPSA) is 101 Å². The lowest BCUT2D eigenvalue weighted by molar-refractivity contribution is -0.121. The van der Waals surface area contributed by atoms with Gasteiger partial charge >= 0.3 is 5.97 Å². The van der Waals surface area contributed by atoms with Crippen molar-refractivity contribution in [3.05, 3.63) is 27.1 Å². The minimum Gasteiger partial charge on any atom is -0.477 e. The number of nitrogens with zero attached hydrogens (tertiary/aromatic N) is 2. The van der Waals surface area contributed by atoms with Gasteiger partial charge in [0.25, 0.3) is 5.56 Å². The van der Waals surface area contributed by atoms with Gasteiger partial charge in [0.15, 0.2) is 0 Å². The van der Waals surface area contributed by atoms with Crippen LogP contribution in [-0.4, -0.2) is 33.1 Å². The van der Waals surface area contributed by atoms with Gasteiger partial charge in [-0.2, -0.15) is 0 Å². The second kappa shape index (κ2) is 6.04. The predicted octanol–water partition coefficient (Wildman–Crippen LogP) is 0.991. The van der Waals surface area contributed by atoms with Crippen LogP contribution in [0.3, 0.4) is 0 Å². The number of nitrogens with one attached hydrogen (secondary N) is 1. The van der Waals surface area contributed by atoms with E-state index in [9.17, 15) is 14.4 Å². The molecule has 0 saturated carbocycles. The molecule has 1 amide bonds. The highest BCUT2D eigenvalue weighted by molar-refractivity contribution is 7.20. The fourth-order valence-electron chi connectivity index (χ4n) is 1.95. The summed E-state index contributed by atoms with van der Waals surface area (Å²) in [4.78, 5) is 39.7. The van der Waals surface area contributed by atoms with Crippen LogP contribution in [0.2, 0.25) is 0 Å². The molecule has 2 aromatic rings. The Bertz CT molecular complexity index is 763. The number of rotatable bonds is 5.